The average molecular weight is 510 g/mol. The zero-order valence-electron chi connectivity index (χ0n) is 17.7. The van der Waals surface area contributed by atoms with E-state index in [0.29, 0.717) is 38.0 Å². The standard InChI is InChI=1S/C21H21Cl2N5O4S/c1-28-19(17(10-29)25-20(31)12-3-6-14(32-2)7-4-12)26-27-21(28)33-11-18(30)24-16-9-13(22)5-8-15(16)23/h3-9,17,29H,10-11H2,1-2H3,(H,24,30)(H,25,31)/t17-/m0/s1. The first-order valence-electron chi connectivity index (χ1n) is 9.65. The molecule has 9 nitrogen and oxygen atoms in total. The molecule has 0 spiro atoms. The number of amides is 2. The van der Waals surface area contributed by atoms with Crippen LogP contribution in [0.25, 0.3) is 0 Å². The minimum Gasteiger partial charge on any atom is -0.497 e. The number of benzene rings is 2. The normalized spacial score (nSPS) is 11.7. The Hall–Kier alpha value is -2.79. The Labute approximate surface area is 204 Å². The summed E-state index contributed by atoms with van der Waals surface area (Å²) in [5.74, 6) is 0.325. The van der Waals surface area contributed by atoms with Gasteiger partial charge in [-0.15, -0.1) is 10.2 Å². The molecule has 0 aliphatic rings. The predicted octanol–water partition coefficient (Wildman–Crippen LogP) is 3.32. The van der Waals surface area contributed by atoms with Crippen LogP contribution in [0.2, 0.25) is 10.0 Å². The van der Waals surface area contributed by atoms with Gasteiger partial charge in [0.25, 0.3) is 5.91 Å². The van der Waals surface area contributed by atoms with Gasteiger partial charge in [-0.1, -0.05) is 35.0 Å². The molecule has 2 aromatic carbocycles. The molecule has 0 saturated carbocycles. The van der Waals surface area contributed by atoms with Crippen LogP contribution < -0.4 is 15.4 Å². The van der Waals surface area contributed by atoms with Crippen molar-refractivity contribution in [2.75, 3.05) is 24.8 Å². The third-order valence-corrected chi connectivity index (χ3v) is 6.14. The highest BCUT2D eigenvalue weighted by Gasteiger charge is 2.22. The first kappa shape index (κ1) is 24.8. The van der Waals surface area contributed by atoms with Gasteiger partial charge in [0.15, 0.2) is 11.0 Å². The number of anilines is 1. The Morgan fingerprint density at radius 3 is 2.58 bits per heavy atom. The van der Waals surface area contributed by atoms with Crippen molar-refractivity contribution >= 4 is 52.5 Å². The van der Waals surface area contributed by atoms with Crippen molar-refractivity contribution in [1.29, 1.82) is 0 Å². The molecule has 0 unspecified atom stereocenters. The number of rotatable bonds is 9. The fraction of sp³-hybridized carbons (Fsp3) is 0.238. The fourth-order valence-corrected chi connectivity index (χ4v) is 3.90. The second-order valence-electron chi connectivity index (χ2n) is 6.80. The molecule has 0 aliphatic carbocycles. The highest BCUT2D eigenvalue weighted by molar-refractivity contribution is 7.99. The number of thioether (sulfide) groups is 1. The summed E-state index contributed by atoms with van der Waals surface area (Å²) in [7, 11) is 3.22. The molecule has 12 heteroatoms. The van der Waals surface area contributed by atoms with E-state index in [1.807, 2.05) is 0 Å². The predicted molar refractivity (Wildman–Crippen MR) is 127 cm³/mol. The van der Waals surface area contributed by atoms with Crippen LogP contribution in [0, 0.1) is 0 Å². The van der Waals surface area contributed by atoms with Gasteiger partial charge in [-0.2, -0.15) is 0 Å². The number of aromatic nitrogens is 3. The van der Waals surface area contributed by atoms with Crippen LogP contribution >= 0.6 is 35.0 Å². The summed E-state index contributed by atoms with van der Waals surface area (Å²) in [4.78, 5) is 24.9. The van der Waals surface area contributed by atoms with Crippen LogP contribution in [-0.4, -0.2) is 51.2 Å². The van der Waals surface area contributed by atoms with E-state index in [0.717, 1.165) is 11.8 Å². The topological polar surface area (TPSA) is 118 Å². The monoisotopic (exact) mass is 509 g/mol. The molecule has 1 heterocycles. The lowest BCUT2D eigenvalue weighted by Crippen LogP contribution is -2.32. The molecule has 0 aliphatic heterocycles. The van der Waals surface area contributed by atoms with Gasteiger partial charge in [0.05, 0.1) is 30.2 Å². The SMILES string of the molecule is COc1ccc(C(=O)N[C@@H](CO)c2nnc(SCC(=O)Nc3cc(Cl)ccc3Cl)n2C)cc1. The van der Waals surface area contributed by atoms with Gasteiger partial charge < -0.3 is 25.0 Å². The molecule has 3 aromatic rings. The molecule has 3 N–H and O–H groups in total. The second-order valence-corrected chi connectivity index (χ2v) is 8.58. The lowest BCUT2D eigenvalue weighted by molar-refractivity contribution is -0.113. The summed E-state index contributed by atoms with van der Waals surface area (Å²) < 4.78 is 6.70. The van der Waals surface area contributed by atoms with E-state index < -0.39 is 6.04 Å². The number of hydrogen-bond acceptors (Lipinski definition) is 7. The molecule has 3 rings (SSSR count). The van der Waals surface area contributed by atoms with E-state index in [9.17, 15) is 14.7 Å². The minimum atomic E-state index is -0.787. The molecule has 174 valence electrons. The minimum absolute atomic E-state index is 0.0385. The van der Waals surface area contributed by atoms with E-state index in [1.165, 1.54) is 7.11 Å². The van der Waals surface area contributed by atoms with E-state index in [4.69, 9.17) is 27.9 Å². The van der Waals surface area contributed by atoms with E-state index >= 15 is 0 Å². The van der Waals surface area contributed by atoms with Crippen molar-refractivity contribution in [3.63, 3.8) is 0 Å². The number of halogens is 2. The van der Waals surface area contributed by atoms with Crippen molar-refractivity contribution in [2.24, 2.45) is 7.05 Å². The Morgan fingerprint density at radius 2 is 1.91 bits per heavy atom. The van der Waals surface area contributed by atoms with Crippen molar-refractivity contribution in [2.45, 2.75) is 11.2 Å². The van der Waals surface area contributed by atoms with Gasteiger partial charge in [0.2, 0.25) is 5.91 Å². The summed E-state index contributed by atoms with van der Waals surface area (Å²) in [6.07, 6.45) is 0. The van der Waals surface area contributed by atoms with Crippen LogP contribution in [0.4, 0.5) is 5.69 Å². The quantitative estimate of drug-likeness (QED) is 0.378. The number of ether oxygens (including phenoxy) is 1. The van der Waals surface area contributed by atoms with E-state index in [2.05, 4.69) is 20.8 Å². The summed E-state index contributed by atoms with van der Waals surface area (Å²) >= 11 is 13.1. The van der Waals surface area contributed by atoms with Crippen molar-refractivity contribution in [3.05, 3.63) is 63.9 Å². The van der Waals surface area contributed by atoms with Gasteiger partial charge >= 0.3 is 0 Å². The van der Waals surface area contributed by atoms with Crippen LogP contribution in [0.15, 0.2) is 47.6 Å². The highest BCUT2D eigenvalue weighted by atomic mass is 35.5. The largest absolute Gasteiger partial charge is 0.497 e. The van der Waals surface area contributed by atoms with Crippen molar-refractivity contribution in [3.8, 4) is 5.75 Å². The molecule has 1 aromatic heterocycles. The zero-order valence-corrected chi connectivity index (χ0v) is 20.0. The Kier molecular flexibility index (Phi) is 8.56. The number of nitrogens with one attached hydrogen (secondary N) is 2. The molecule has 0 bridgehead atoms. The van der Waals surface area contributed by atoms with Crippen LogP contribution in [0.3, 0.4) is 0 Å². The first-order valence-corrected chi connectivity index (χ1v) is 11.4. The zero-order chi connectivity index (χ0) is 24.0. The molecule has 0 fully saturated rings. The van der Waals surface area contributed by atoms with Crippen LogP contribution in [0.1, 0.15) is 22.2 Å². The molecular formula is C21H21Cl2N5O4S. The smallest absolute Gasteiger partial charge is 0.251 e. The summed E-state index contributed by atoms with van der Waals surface area (Å²) in [5.41, 5.74) is 0.817. The van der Waals surface area contributed by atoms with Gasteiger partial charge in [-0.05, 0) is 42.5 Å². The molecule has 2 amide bonds. The lowest BCUT2D eigenvalue weighted by Gasteiger charge is -2.16. The fourth-order valence-electron chi connectivity index (χ4n) is 2.84. The second kappa shape index (κ2) is 11.4. The number of nitrogens with zero attached hydrogens (tertiary/aromatic N) is 3. The third-order valence-electron chi connectivity index (χ3n) is 4.56. The Bertz CT molecular complexity index is 1140. The molecule has 0 saturated heterocycles. The van der Waals surface area contributed by atoms with E-state index in [-0.39, 0.29) is 24.2 Å². The van der Waals surface area contributed by atoms with Crippen molar-refractivity contribution < 1.29 is 19.4 Å². The number of methoxy groups -OCH3 is 1. The maximum Gasteiger partial charge on any atom is 0.251 e. The van der Waals surface area contributed by atoms with Crippen molar-refractivity contribution in [1.82, 2.24) is 20.1 Å². The number of hydrogen-bond donors (Lipinski definition) is 3. The highest BCUT2D eigenvalue weighted by Crippen LogP contribution is 2.26. The number of aliphatic hydroxyl groups is 1. The number of aliphatic hydroxyl groups excluding tert-OH is 1. The number of carbonyl (C=O) groups is 2. The number of carbonyl (C=O) groups excluding carboxylic acids is 2. The van der Waals surface area contributed by atoms with E-state index in [1.54, 1.807) is 54.1 Å². The average Bonchev–Trinajstić information content (AvgIpc) is 3.18. The summed E-state index contributed by atoms with van der Waals surface area (Å²) in [6, 6.07) is 10.6. The molecule has 33 heavy (non-hydrogen) atoms. The van der Waals surface area contributed by atoms with Crippen LogP contribution in [-0.2, 0) is 11.8 Å². The third kappa shape index (κ3) is 6.38. The maximum atomic E-state index is 12.5. The van der Waals surface area contributed by atoms with Crippen LogP contribution in [0.5, 0.6) is 5.75 Å². The summed E-state index contributed by atoms with van der Waals surface area (Å²) in [6.45, 7) is -0.383. The van der Waals surface area contributed by atoms with Gasteiger partial charge in [-0.3, -0.25) is 9.59 Å². The molecule has 0 radical (unpaired) electrons. The Balaban J connectivity index is 1.62. The lowest BCUT2D eigenvalue weighted by atomic mass is 10.2. The molecular weight excluding hydrogens is 489 g/mol. The summed E-state index contributed by atoms with van der Waals surface area (Å²) in [5, 5.41) is 24.6. The Morgan fingerprint density at radius 1 is 1.18 bits per heavy atom. The maximum absolute atomic E-state index is 12.5. The van der Waals surface area contributed by atoms with Gasteiger partial charge in [0.1, 0.15) is 11.8 Å². The molecule has 1 atom stereocenters. The first-order chi connectivity index (χ1) is 15.8. The van der Waals surface area contributed by atoms with Gasteiger partial charge in [-0.25, -0.2) is 0 Å². The van der Waals surface area contributed by atoms with Gasteiger partial charge in [0, 0.05) is 17.6 Å².